The van der Waals surface area contributed by atoms with Gasteiger partial charge in [-0.25, -0.2) is 0 Å². The third-order valence-corrected chi connectivity index (χ3v) is 6.52. The second-order valence-corrected chi connectivity index (χ2v) is 8.65. The van der Waals surface area contributed by atoms with Gasteiger partial charge in [-0.15, -0.1) is 0 Å². The molecule has 0 saturated heterocycles. The molecule has 0 heterocycles. The molecule has 6 aromatic carbocycles. The maximum atomic E-state index is 2.29. The Bertz CT molecular complexity index is 1530. The lowest BCUT2D eigenvalue weighted by Gasteiger charge is -2.18. The van der Waals surface area contributed by atoms with Gasteiger partial charge >= 0.3 is 0 Å². The fourth-order valence-corrected chi connectivity index (χ4v) is 5.01. The molecular weight excluding hydrogens is 396 g/mol. The molecular formula is C33H24. The molecule has 0 bridgehead atoms. The lowest BCUT2D eigenvalue weighted by Crippen LogP contribution is -1.91. The van der Waals surface area contributed by atoms with Crippen molar-refractivity contribution in [2.75, 3.05) is 0 Å². The van der Waals surface area contributed by atoms with Crippen molar-refractivity contribution >= 4 is 21.5 Å². The summed E-state index contributed by atoms with van der Waals surface area (Å²) >= 11 is 0. The van der Waals surface area contributed by atoms with Gasteiger partial charge < -0.3 is 0 Å². The second-order valence-electron chi connectivity index (χ2n) is 8.65. The average molecular weight is 421 g/mol. The minimum Gasteiger partial charge on any atom is -0.0622 e. The van der Waals surface area contributed by atoms with Gasteiger partial charge in [0, 0.05) is 0 Å². The van der Waals surface area contributed by atoms with Gasteiger partial charge in [0.15, 0.2) is 0 Å². The zero-order valence-corrected chi connectivity index (χ0v) is 18.6. The molecule has 0 amide bonds. The first-order valence-corrected chi connectivity index (χ1v) is 11.5. The zero-order valence-electron chi connectivity index (χ0n) is 18.6. The molecule has 156 valence electrons. The van der Waals surface area contributed by atoms with Gasteiger partial charge in [0.25, 0.3) is 0 Å². The Morgan fingerprint density at radius 2 is 0.758 bits per heavy atom. The van der Waals surface area contributed by atoms with Gasteiger partial charge in [-0.3, -0.25) is 0 Å². The van der Waals surface area contributed by atoms with E-state index in [1.165, 1.54) is 60.5 Å². The first kappa shape index (κ1) is 19.5. The molecule has 33 heavy (non-hydrogen) atoms. The highest BCUT2D eigenvalue weighted by atomic mass is 14.2. The zero-order chi connectivity index (χ0) is 22.2. The van der Waals surface area contributed by atoms with Crippen LogP contribution in [-0.2, 0) is 0 Å². The first-order chi connectivity index (χ1) is 16.3. The number of hydrogen-bond acceptors (Lipinski definition) is 0. The molecule has 0 saturated carbocycles. The molecule has 0 spiro atoms. The Morgan fingerprint density at radius 1 is 0.333 bits per heavy atom. The van der Waals surface area contributed by atoms with E-state index in [1.54, 1.807) is 0 Å². The fraction of sp³-hybridized carbons (Fsp3) is 0.0303. The number of aryl methyl sites for hydroxylation is 1. The van der Waals surface area contributed by atoms with Gasteiger partial charge in [0.1, 0.15) is 0 Å². The molecule has 0 atom stereocenters. The molecule has 0 nitrogen and oxygen atoms in total. The number of hydrogen-bond donors (Lipinski definition) is 0. The Kier molecular flexibility index (Phi) is 4.78. The second kappa shape index (κ2) is 8.07. The largest absolute Gasteiger partial charge is 0.0622 e. The summed E-state index contributed by atoms with van der Waals surface area (Å²) in [5.74, 6) is 0. The van der Waals surface area contributed by atoms with E-state index in [4.69, 9.17) is 0 Å². The quantitative estimate of drug-likeness (QED) is 0.250. The van der Waals surface area contributed by atoms with Gasteiger partial charge in [-0.2, -0.15) is 0 Å². The predicted octanol–water partition coefficient (Wildman–Crippen LogP) is 9.30. The van der Waals surface area contributed by atoms with E-state index in [-0.39, 0.29) is 0 Å². The van der Waals surface area contributed by atoms with Crippen molar-refractivity contribution in [3.8, 4) is 33.4 Å². The molecule has 0 aliphatic carbocycles. The van der Waals surface area contributed by atoms with E-state index >= 15 is 0 Å². The molecule has 0 aliphatic heterocycles. The Balaban J connectivity index is 1.65. The van der Waals surface area contributed by atoms with Crippen molar-refractivity contribution in [1.82, 2.24) is 0 Å². The summed E-state index contributed by atoms with van der Waals surface area (Å²) in [7, 11) is 0. The van der Waals surface area contributed by atoms with Crippen molar-refractivity contribution in [1.29, 1.82) is 0 Å². The average Bonchev–Trinajstić information content (AvgIpc) is 2.88. The lowest BCUT2D eigenvalue weighted by molar-refractivity contribution is 1.47. The standard InChI is InChI=1S/C33H24/c1-23-10-9-13-27(22-23)33-30-16-7-5-14-28(30)32(29-15-6-8-17-31(29)33)26-20-18-25(19-21-26)24-11-3-2-4-12-24/h2-22H,1H3. The highest BCUT2D eigenvalue weighted by molar-refractivity contribution is 6.21. The summed E-state index contributed by atoms with van der Waals surface area (Å²) in [5.41, 5.74) is 8.90. The van der Waals surface area contributed by atoms with Gasteiger partial charge in [-0.1, -0.05) is 133 Å². The SMILES string of the molecule is Cc1cccc(-c2c3ccccc3c(-c3ccc(-c4ccccc4)cc3)c3ccccc23)c1. The summed E-state index contributed by atoms with van der Waals surface area (Å²) < 4.78 is 0. The molecule has 0 N–H and O–H groups in total. The van der Waals surface area contributed by atoms with Crippen LogP contribution in [0.5, 0.6) is 0 Å². The molecule has 0 aliphatic rings. The van der Waals surface area contributed by atoms with Crippen LogP contribution < -0.4 is 0 Å². The summed E-state index contributed by atoms with van der Waals surface area (Å²) in [6.45, 7) is 2.16. The minimum atomic E-state index is 1.24. The Hall–Kier alpha value is -4.16. The number of fused-ring (bicyclic) bond motifs is 2. The normalized spacial score (nSPS) is 11.2. The molecule has 0 fully saturated rings. The van der Waals surface area contributed by atoms with Crippen molar-refractivity contribution in [2.24, 2.45) is 0 Å². The summed E-state index contributed by atoms with van der Waals surface area (Å²) in [5, 5.41) is 5.17. The summed E-state index contributed by atoms with van der Waals surface area (Å²) in [6.07, 6.45) is 0. The van der Waals surface area contributed by atoms with Crippen LogP contribution in [0, 0.1) is 6.92 Å². The topological polar surface area (TPSA) is 0 Å². The van der Waals surface area contributed by atoms with E-state index in [0.717, 1.165) is 0 Å². The van der Waals surface area contributed by atoms with Crippen LogP contribution in [0.1, 0.15) is 5.56 Å². The summed E-state index contributed by atoms with van der Waals surface area (Å²) in [4.78, 5) is 0. The number of rotatable bonds is 3. The van der Waals surface area contributed by atoms with Crippen LogP contribution in [0.4, 0.5) is 0 Å². The summed E-state index contributed by atoms with van der Waals surface area (Å²) in [6, 6.07) is 46.1. The van der Waals surface area contributed by atoms with Crippen molar-refractivity contribution in [2.45, 2.75) is 6.92 Å². The van der Waals surface area contributed by atoms with Crippen LogP contribution in [0.15, 0.2) is 127 Å². The van der Waals surface area contributed by atoms with Crippen LogP contribution in [0.25, 0.3) is 54.9 Å². The van der Waals surface area contributed by atoms with E-state index in [0.29, 0.717) is 0 Å². The monoisotopic (exact) mass is 420 g/mol. The highest BCUT2D eigenvalue weighted by Gasteiger charge is 2.16. The number of benzene rings is 6. The third kappa shape index (κ3) is 3.41. The fourth-order valence-electron chi connectivity index (χ4n) is 5.01. The highest BCUT2D eigenvalue weighted by Crippen LogP contribution is 2.43. The maximum Gasteiger partial charge on any atom is -0.00263 e. The van der Waals surface area contributed by atoms with Crippen LogP contribution in [-0.4, -0.2) is 0 Å². The minimum absolute atomic E-state index is 1.24. The molecule has 0 aromatic heterocycles. The van der Waals surface area contributed by atoms with Gasteiger partial charge in [0.05, 0.1) is 0 Å². The Labute approximate surface area is 194 Å². The van der Waals surface area contributed by atoms with Crippen LogP contribution in [0.2, 0.25) is 0 Å². The molecule has 0 radical (unpaired) electrons. The molecule has 6 aromatic rings. The first-order valence-electron chi connectivity index (χ1n) is 11.5. The molecule has 6 rings (SSSR count). The maximum absolute atomic E-state index is 2.29. The van der Waals surface area contributed by atoms with Gasteiger partial charge in [-0.05, 0) is 61.8 Å². The lowest BCUT2D eigenvalue weighted by atomic mass is 9.85. The third-order valence-electron chi connectivity index (χ3n) is 6.52. The van der Waals surface area contributed by atoms with E-state index in [2.05, 4.69) is 134 Å². The van der Waals surface area contributed by atoms with Crippen LogP contribution in [0.3, 0.4) is 0 Å². The predicted molar refractivity (Wildman–Crippen MR) is 142 cm³/mol. The van der Waals surface area contributed by atoms with Gasteiger partial charge in [0.2, 0.25) is 0 Å². The van der Waals surface area contributed by atoms with E-state index < -0.39 is 0 Å². The van der Waals surface area contributed by atoms with E-state index in [1.807, 2.05) is 0 Å². The smallest absolute Gasteiger partial charge is 0.00263 e. The van der Waals surface area contributed by atoms with Crippen molar-refractivity contribution in [3.63, 3.8) is 0 Å². The van der Waals surface area contributed by atoms with E-state index in [9.17, 15) is 0 Å². The molecule has 0 unspecified atom stereocenters. The Morgan fingerprint density at radius 3 is 1.30 bits per heavy atom. The molecule has 0 heteroatoms. The van der Waals surface area contributed by atoms with Crippen LogP contribution >= 0.6 is 0 Å². The van der Waals surface area contributed by atoms with Crippen molar-refractivity contribution < 1.29 is 0 Å². The van der Waals surface area contributed by atoms with Crippen molar-refractivity contribution in [3.05, 3.63) is 133 Å².